The molecule has 0 bridgehead atoms. The summed E-state index contributed by atoms with van der Waals surface area (Å²) in [7, 11) is 0. The minimum absolute atomic E-state index is 0.0972. The van der Waals surface area contributed by atoms with Crippen LogP contribution in [-0.2, 0) is 29.4 Å². The highest BCUT2D eigenvalue weighted by Crippen LogP contribution is 2.18. The van der Waals surface area contributed by atoms with E-state index in [9.17, 15) is 9.90 Å². The molecule has 3 N–H and O–H groups in total. The molecule has 0 saturated carbocycles. The molecule has 0 aliphatic rings. The van der Waals surface area contributed by atoms with E-state index in [1.807, 2.05) is 30.3 Å². The molecule has 5 heteroatoms. The summed E-state index contributed by atoms with van der Waals surface area (Å²) in [5, 5.41) is 21.2. The number of rotatable bonds is 9. The van der Waals surface area contributed by atoms with Gasteiger partial charge >= 0.3 is 0 Å². The predicted octanol–water partition coefficient (Wildman–Crippen LogP) is 2.61. The molecule has 0 aromatic heterocycles. The maximum absolute atomic E-state index is 12.0. The standard InChI is InChI=1S/C19H23NO4/c21-12-16-8-9-18(17(11-16)13-22)20-19(23)7-4-10-24-14-15-5-2-1-3-6-15/h1-3,5-6,8-9,11,21-22H,4,7,10,12-14H2,(H,20,23). The lowest BCUT2D eigenvalue weighted by Crippen LogP contribution is -2.14. The van der Waals surface area contributed by atoms with Crippen molar-refractivity contribution in [1.29, 1.82) is 0 Å². The number of hydrogen-bond acceptors (Lipinski definition) is 4. The van der Waals surface area contributed by atoms with Crippen LogP contribution in [0.15, 0.2) is 48.5 Å². The van der Waals surface area contributed by atoms with Crippen LogP contribution in [-0.4, -0.2) is 22.7 Å². The van der Waals surface area contributed by atoms with Gasteiger partial charge in [-0.25, -0.2) is 0 Å². The molecule has 5 nitrogen and oxygen atoms in total. The Kier molecular flexibility index (Phi) is 7.42. The lowest BCUT2D eigenvalue weighted by Gasteiger charge is -2.11. The maximum Gasteiger partial charge on any atom is 0.224 e. The van der Waals surface area contributed by atoms with Crippen molar-refractivity contribution in [1.82, 2.24) is 0 Å². The summed E-state index contributed by atoms with van der Waals surface area (Å²) in [6.45, 7) is 0.766. The lowest BCUT2D eigenvalue weighted by molar-refractivity contribution is -0.116. The zero-order valence-corrected chi connectivity index (χ0v) is 13.6. The quantitative estimate of drug-likeness (QED) is 0.618. The molecule has 0 heterocycles. The van der Waals surface area contributed by atoms with Crippen molar-refractivity contribution in [2.24, 2.45) is 0 Å². The zero-order chi connectivity index (χ0) is 17.2. The van der Waals surface area contributed by atoms with E-state index in [1.165, 1.54) is 0 Å². The summed E-state index contributed by atoms with van der Waals surface area (Å²) in [6, 6.07) is 15.0. The molecule has 2 aromatic carbocycles. The number of aliphatic hydroxyl groups excluding tert-OH is 2. The first-order valence-corrected chi connectivity index (χ1v) is 7.98. The van der Waals surface area contributed by atoms with E-state index < -0.39 is 0 Å². The van der Waals surface area contributed by atoms with E-state index in [0.29, 0.717) is 42.9 Å². The number of aliphatic hydroxyl groups is 2. The molecule has 24 heavy (non-hydrogen) atoms. The second kappa shape index (κ2) is 9.82. The number of ether oxygens (including phenoxy) is 1. The van der Waals surface area contributed by atoms with Gasteiger partial charge in [0, 0.05) is 24.3 Å². The second-order valence-electron chi connectivity index (χ2n) is 5.50. The highest BCUT2D eigenvalue weighted by molar-refractivity contribution is 5.91. The van der Waals surface area contributed by atoms with Crippen LogP contribution >= 0.6 is 0 Å². The molecule has 0 atom stereocenters. The lowest BCUT2D eigenvalue weighted by atomic mass is 10.1. The van der Waals surface area contributed by atoms with Crippen molar-refractivity contribution < 1.29 is 19.7 Å². The Morgan fingerprint density at radius 2 is 1.79 bits per heavy atom. The summed E-state index contributed by atoms with van der Waals surface area (Å²) in [5.41, 5.74) is 2.98. The molecule has 0 radical (unpaired) electrons. The Balaban J connectivity index is 1.71. The van der Waals surface area contributed by atoms with Crippen LogP contribution in [0, 0.1) is 0 Å². The van der Waals surface area contributed by atoms with E-state index in [1.54, 1.807) is 18.2 Å². The fourth-order valence-corrected chi connectivity index (χ4v) is 2.31. The van der Waals surface area contributed by atoms with Crippen molar-refractivity contribution in [3.8, 4) is 0 Å². The normalized spacial score (nSPS) is 10.6. The average Bonchev–Trinajstić information content (AvgIpc) is 2.62. The molecule has 128 valence electrons. The fraction of sp³-hybridized carbons (Fsp3) is 0.316. The monoisotopic (exact) mass is 329 g/mol. The van der Waals surface area contributed by atoms with Gasteiger partial charge in [0.25, 0.3) is 0 Å². The first-order chi connectivity index (χ1) is 11.7. The zero-order valence-electron chi connectivity index (χ0n) is 13.6. The molecular formula is C19H23NO4. The summed E-state index contributed by atoms with van der Waals surface area (Å²) in [6.07, 6.45) is 0.975. The van der Waals surface area contributed by atoms with Crippen molar-refractivity contribution >= 4 is 11.6 Å². The SMILES string of the molecule is O=C(CCCOCc1ccccc1)Nc1ccc(CO)cc1CO. The van der Waals surface area contributed by atoms with Crippen molar-refractivity contribution in [3.05, 3.63) is 65.2 Å². The van der Waals surface area contributed by atoms with Crippen molar-refractivity contribution in [2.75, 3.05) is 11.9 Å². The van der Waals surface area contributed by atoms with Gasteiger partial charge in [-0.1, -0.05) is 36.4 Å². The molecule has 2 rings (SSSR count). The van der Waals surface area contributed by atoms with Crippen LogP contribution in [0.4, 0.5) is 5.69 Å². The van der Waals surface area contributed by atoms with E-state index in [4.69, 9.17) is 9.84 Å². The fourth-order valence-electron chi connectivity index (χ4n) is 2.31. The van der Waals surface area contributed by atoms with Crippen LogP contribution in [0.2, 0.25) is 0 Å². The van der Waals surface area contributed by atoms with Crippen LogP contribution in [0.1, 0.15) is 29.5 Å². The van der Waals surface area contributed by atoms with Gasteiger partial charge in [-0.2, -0.15) is 0 Å². The molecule has 2 aromatic rings. The van der Waals surface area contributed by atoms with Crippen LogP contribution in [0.3, 0.4) is 0 Å². The highest BCUT2D eigenvalue weighted by atomic mass is 16.5. The Labute approximate surface area is 141 Å². The molecule has 0 saturated heterocycles. The number of anilines is 1. The van der Waals surface area contributed by atoms with Gasteiger partial charge in [-0.3, -0.25) is 4.79 Å². The van der Waals surface area contributed by atoms with E-state index in [2.05, 4.69) is 5.32 Å². The minimum atomic E-state index is -0.191. The maximum atomic E-state index is 12.0. The number of carbonyl (C=O) groups is 1. The summed E-state index contributed by atoms with van der Waals surface area (Å²) in [4.78, 5) is 12.0. The Morgan fingerprint density at radius 3 is 2.50 bits per heavy atom. The summed E-state index contributed by atoms with van der Waals surface area (Å²) >= 11 is 0. The highest BCUT2D eigenvalue weighted by Gasteiger charge is 2.07. The van der Waals surface area contributed by atoms with Crippen LogP contribution in [0.5, 0.6) is 0 Å². The molecular weight excluding hydrogens is 306 g/mol. The van der Waals surface area contributed by atoms with Crippen LogP contribution < -0.4 is 5.32 Å². The molecule has 0 aliphatic heterocycles. The van der Waals surface area contributed by atoms with E-state index >= 15 is 0 Å². The smallest absolute Gasteiger partial charge is 0.224 e. The van der Waals surface area contributed by atoms with Gasteiger partial charge in [0.15, 0.2) is 0 Å². The van der Waals surface area contributed by atoms with Gasteiger partial charge in [0.2, 0.25) is 5.91 Å². The number of carbonyl (C=O) groups excluding carboxylic acids is 1. The van der Waals surface area contributed by atoms with Crippen LogP contribution in [0.25, 0.3) is 0 Å². The van der Waals surface area contributed by atoms with Crippen molar-refractivity contribution in [2.45, 2.75) is 32.7 Å². The molecule has 0 fully saturated rings. The first-order valence-electron chi connectivity index (χ1n) is 7.98. The van der Waals surface area contributed by atoms with Crippen molar-refractivity contribution in [3.63, 3.8) is 0 Å². The largest absolute Gasteiger partial charge is 0.392 e. The summed E-state index contributed by atoms with van der Waals surface area (Å²) < 4.78 is 5.55. The van der Waals surface area contributed by atoms with Gasteiger partial charge in [-0.15, -0.1) is 0 Å². The van der Waals surface area contributed by atoms with E-state index in [0.717, 1.165) is 5.56 Å². The number of nitrogens with one attached hydrogen (secondary N) is 1. The Hall–Kier alpha value is -2.21. The molecule has 0 unspecified atom stereocenters. The number of hydrogen-bond donors (Lipinski definition) is 3. The van der Waals surface area contributed by atoms with E-state index in [-0.39, 0.29) is 19.1 Å². The van der Waals surface area contributed by atoms with Gasteiger partial charge in [0.05, 0.1) is 19.8 Å². The predicted molar refractivity (Wildman–Crippen MR) is 92.2 cm³/mol. The molecule has 0 spiro atoms. The van der Waals surface area contributed by atoms with Gasteiger partial charge in [0.1, 0.15) is 0 Å². The topological polar surface area (TPSA) is 78.8 Å². The summed E-state index contributed by atoms with van der Waals surface area (Å²) in [5.74, 6) is -0.121. The van der Waals surface area contributed by atoms with Gasteiger partial charge < -0.3 is 20.3 Å². The van der Waals surface area contributed by atoms with Gasteiger partial charge in [-0.05, 0) is 29.7 Å². The third-order valence-corrected chi connectivity index (χ3v) is 3.60. The third kappa shape index (κ3) is 5.77. The second-order valence-corrected chi connectivity index (χ2v) is 5.50. The Morgan fingerprint density at radius 1 is 1.00 bits per heavy atom. The number of benzene rings is 2. The third-order valence-electron chi connectivity index (χ3n) is 3.60. The molecule has 1 amide bonds. The minimum Gasteiger partial charge on any atom is -0.392 e. The molecule has 0 aliphatic carbocycles. The Bertz CT molecular complexity index is 643. The average molecular weight is 329 g/mol. The first kappa shape index (κ1) is 18.1. The number of amides is 1.